The van der Waals surface area contributed by atoms with Crippen LogP contribution in [0.5, 0.6) is 0 Å². The van der Waals surface area contributed by atoms with Crippen molar-refractivity contribution in [1.29, 1.82) is 0 Å². The zero-order valence-electron chi connectivity index (χ0n) is 9.48. The highest BCUT2D eigenvalue weighted by Crippen LogP contribution is 2.22. The number of ether oxygens (including phenoxy) is 1. The minimum absolute atomic E-state index is 0.135. The fourth-order valence-electron chi connectivity index (χ4n) is 1.35. The van der Waals surface area contributed by atoms with Crippen LogP contribution in [0.1, 0.15) is 5.56 Å². The summed E-state index contributed by atoms with van der Waals surface area (Å²) in [6.07, 6.45) is 0. The largest absolute Gasteiger partial charge is 0.402 e. The van der Waals surface area contributed by atoms with Crippen LogP contribution in [-0.4, -0.2) is 30.9 Å². The first kappa shape index (κ1) is 11.7. The lowest BCUT2D eigenvalue weighted by atomic mass is 10.2. The molecule has 0 saturated carbocycles. The zero-order valence-corrected chi connectivity index (χ0v) is 10.2. The second-order valence-corrected chi connectivity index (χ2v) is 4.06. The molecule has 0 amide bonds. The van der Waals surface area contributed by atoms with E-state index < -0.39 is 5.97 Å². The number of carbonyl (C=O) groups excluding carboxylic acids is 1. The van der Waals surface area contributed by atoms with Crippen LogP contribution in [0, 0.1) is 0 Å². The standard InChI is InChI=1S/C12H11ClN2O2/c1-15(2)10(13)9-12(16)17-11(14-9)8-6-4-3-5-7-8/h3-7H,1-2H3. The van der Waals surface area contributed by atoms with E-state index in [0.717, 1.165) is 5.56 Å². The van der Waals surface area contributed by atoms with Crippen LogP contribution in [-0.2, 0) is 9.53 Å². The smallest absolute Gasteiger partial charge is 0.366 e. The van der Waals surface area contributed by atoms with Gasteiger partial charge in [0.15, 0.2) is 5.70 Å². The highest BCUT2D eigenvalue weighted by molar-refractivity contribution is 6.32. The van der Waals surface area contributed by atoms with Crippen molar-refractivity contribution in [1.82, 2.24) is 4.90 Å². The van der Waals surface area contributed by atoms with E-state index >= 15 is 0 Å². The van der Waals surface area contributed by atoms with Crippen molar-refractivity contribution in [3.8, 4) is 0 Å². The summed E-state index contributed by atoms with van der Waals surface area (Å²) in [4.78, 5) is 17.3. The molecule has 0 fully saturated rings. The Kier molecular flexibility index (Phi) is 3.15. The fraction of sp³-hybridized carbons (Fsp3) is 0.167. The first-order chi connectivity index (χ1) is 8.09. The van der Waals surface area contributed by atoms with Crippen LogP contribution in [0.25, 0.3) is 0 Å². The summed E-state index contributed by atoms with van der Waals surface area (Å²) in [5.74, 6) is -0.242. The molecule has 4 nitrogen and oxygen atoms in total. The molecule has 0 N–H and O–H groups in total. The van der Waals surface area contributed by atoms with Gasteiger partial charge in [-0.1, -0.05) is 29.8 Å². The molecule has 0 aromatic heterocycles. The Morgan fingerprint density at radius 1 is 1.29 bits per heavy atom. The van der Waals surface area contributed by atoms with E-state index in [1.807, 2.05) is 30.3 Å². The Labute approximate surface area is 104 Å². The maximum Gasteiger partial charge on any atom is 0.366 e. The number of carbonyl (C=O) groups is 1. The fourth-order valence-corrected chi connectivity index (χ4v) is 1.47. The molecule has 0 saturated heterocycles. The highest BCUT2D eigenvalue weighted by atomic mass is 35.5. The minimum Gasteiger partial charge on any atom is -0.402 e. The quantitative estimate of drug-likeness (QED) is 0.458. The molecule has 0 radical (unpaired) electrons. The van der Waals surface area contributed by atoms with Gasteiger partial charge in [-0.25, -0.2) is 9.79 Å². The first-order valence-electron chi connectivity index (χ1n) is 5.03. The summed E-state index contributed by atoms with van der Waals surface area (Å²) in [5.41, 5.74) is 0.884. The molecule has 0 aliphatic carbocycles. The Morgan fingerprint density at radius 3 is 2.53 bits per heavy atom. The number of hydrogen-bond donors (Lipinski definition) is 0. The van der Waals surface area contributed by atoms with Gasteiger partial charge in [0.05, 0.1) is 0 Å². The van der Waals surface area contributed by atoms with Gasteiger partial charge in [0, 0.05) is 19.7 Å². The van der Waals surface area contributed by atoms with Crippen molar-refractivity contribution >= 4 is 23.5 Å². The van der Waals surface area contributed by atoms with E-state index in [1.54, 1.807) is 19.0 Å². The van der Waals surface area contributed by atoms with Crippen LogP contribution in [0.3, 0.4) is 0 Å². The Balaban J connectivity index is 2.39. The molecule has 1 aromatic rings. The van der Waals surface area contributed by atoms with Gasteiger partial charge in [-0.3, -0.25) is 0 Å². The average molecular weight is 251 g/mol. The van der Waals surface area contributed by atoms with Crippen LogP contribution in [0.15, 0.2) is 46.2 Å². The maximum absolute atomic E-state index is 11.6. The number of halogens is 1. The number of aliphatic imine (C=N–C) groups is 1. The molecule has 0 atom stereocenters. The lowest BCUT2D eigenvalue weighted by Gasteiger charge is -2.09. The lowest BCUT2D eigenvalue weighted by molar-refractivity contribution is -0.130. The molecule has 1 heterocycles. The van der Waals surface area contributed by atoms with Crippen LogP contribution in [0.2, 0.25) is 0 Å². The summed E-state index contributed by atoms with van der Waals surface area (Å²) in [7, 11) is 3.47. The van der Waals surface area contributed by atoms with Crippen molar-refractivity contribution in [3.05, 3.63) is 46.7 Å². The zero-order chi connectivity index (χ0) is 12.4. The van der Waals surface area contributed by atoms with Gasteiger partial charge in [0.2, 0.25) is 5.90 Å². The number of hydrogen-bond acceptors (Lipinski definition) is 4. The van der Waals surface area contributed by atoms with E-state index in [-0.39, 0.29) is 16.8 Å². The molecule has 17 heavy (non-hydrogen) atoms. The number of rotatable bonds is 2. The molecule has 88 valence electrons. The van der Waals surface area contributed by atoms with E-state index in [9.17, 15) is 4.79 Å². The molecule has 2 rings (SSSR count). The first-order valence-corrected chi connectivity index (χ1v) is 5.41. The second-order valence-electron chi connectivity index (χ2n) is 3.71. The van der Waals surface area contributed by atoms with Crippen molar-refractivity contribution in [2.75, 3.05) is 14.1 Å². The van der Waals surface area contributed by atoms with Crippen LogP contribution < -0.4 is 0 Å². The summed E-state index contributed by atoms with van der Waals surface area (Å²) in [6, 6.07) is 9.21. The van der Waals surface area contributed by atoms with Gasteiger partial charge in [-0.15, -0.1) is 0 Å². The minimum atomic E-state index is -0.525. The normalized spacial score (nSPS) is 17.6. The third-order valence-electron chi connectivity index (χ3n) is 2.20. The van der Waals surface area contributed by atoms with Gasteiger partial charge in [0.25, 0.3) is 0 Å². The Morgan fingerprint density at radius 2 is 1.94 bits per heavy atom. The predicted octanol–water partition coefficient (Wildman–Crippen LogP) is 1.96. The summed E-state index contributed by atoms with van der Waals surface area (Å²) in [5, 5.41) is 0.265. The number of nitrogens with zero attached hydrogens (tertiary/aromatic N) is 2. The van der Waals surface area contributed by atoms with E-state index in [0.29, 0.717) is 0 Å². The van der Waals surface area contributed by atoms with Gasteiger partial charge in [-0.2, -0.15) is 0 Å². The molecule has 1 aromatic carbocycles. The number of esters is 1. The van der Waals surface area contributed by atoms with Gasteiger partial charge in [-0.05, 0) is 12.1 Å². The predicted molar refractivity (Wildman–Crippen MR) is 65.6 cm³/mol. The van der Waals surface area contributed by atoms with Crippen molar-refractivity contribution < 1.29 is 9.53 Å². The van der Waals surface area contributed by atoms with Gasteiger partial charge < -0.3 is 9.64 Å². The van der Waals surface area contributed by atoms with E-state index in [2.05, 4.69) is 4.99 Å². The van der Waals surface area contributed by atoms with Crippen molar-refractivity contribution in [3.63, 3.8) is 0 Å². The molecule has 0 bridgehead atoms. The lowest BCUT2D eigenvalue weighted by Crippen LogP contribution is -2.12. The SMILES string of the molecule is CN(C)C(Cl)=C1N=C(c2ccccc2)OC1=O. The third-order valence-corrected chi connectivity index (χ3v) is 2.72. The topological polar surface area (TPSA) is 41.9 Å². The van der Waals surface area contributed by atoms with Crippen molar-refractivity contribution in [2.45, 2.75) is 0 Å². The second kappa shape index (κ2) is 4.59. The molecule has 1 aliphatic heterocycles. The third kappa shape index (κ3) is 2.31. The maximum atomic E-state index is 11.6. The molecular weight excluding hydrogens is 240 g/mol. The molecular formula is C12H11ClN2O2. The summed E-state index contributed by atoms with van der Waals surface area (Å²) >= 11 is 5.97. The molecule has 1 aliphatic rings. The molecule has 0 unspecified atom stereocenters. The van der Waals surface area contributed by atoms with Gasteiger partial charge >= 0.3 is 5.97 Å². The monoisotopic (exact) mass is 250 g/mol. The van der Waals surface area contributed by atoms with E-state index in [1.165, 1.54) is 0 Å². The summed E-state index contributed by atoms with van der Waals surface area (Å²) < 4.78 is 5.07. The van der Waals surface area contributed by atoms with Crippen molar-refractivity contribution in [2.24, 2.45) is 4.99 Å². The Bertz CT molecular complexity index is 506. The number of cyclic esters (lactones) is 1. The van der Waals surface area contributed by atoms with Crippen LogP contribution >= 0.6 is 11.6 Å². The average Bonchev–Trinajstić information content (AvgIpc) is 2.71. The summed E-state index contributed by atoms with van der Waals surface area (Å²) in [6.45, 7) is 0. The Hall–Kier alpha value is -1.81. The highest BCUT2D eigenvalue weighted by Gasteiger charge is 2.27. The number of benzene rings is 1. The molecule has 0 spiro atoms. The molecule has 5 heteroatoms. The van der Waals surface area contributed by atoms with E-state index in [4.69, 9.17) is 16.3 Å². The van der Waals surface area contributed by atoms with Gasteiger partial charge in [0.1, 0.15) is 5.16 Å². The van der Waals surface area contributed by atoms with Crippen LogP contribution in [0.4, 0.5) is 0 Å².